The molecule has 0 atom stereocenters. The molecule has 0 radical (unpaired) electrons. The van der Waals surface area contributed by atoms with Gasteiger partial charge in [-0.3, -0.25) is 0 Å². The van der Waals surface area contributed by atoms with Gasteiger partial charge in [0, 0.05) is 17.7 Å². The highest BCUT2D eigenvalue weighted by molar-refractivity contribution is 5.78. The Morgan fingerprint density at radius 2 is 2.00 bits per heavy atom. The summed E-state index contributed by atoms with van der Waals surface area (Å²) in [6, 6.07) is 3.72. The molecular weight excluding hydrogens is 208 g/mol. The molecule has 1 aromatic rings. The fourth-order valence-electron chi connectivity index (χ4n) is 0.665. The van der Waals surface area contributed by atoms with Crippen LogP contribution >= 0.6 is 0 Å². The number of aryl methyl sites for hydroxylation is 1. The number of rotatable bonds is 1. The summed E-state index contributed by atoms with van der Waals surface area (Å²) < 4.78 is 1.91. The van der Waals surface area contributed by atoms with Gasteiger partial charge in [0.2, 0.25) is 0 Å². The minimum Gasteiger partial charge on any atom is -1.00 e. The van der Waals surface area contributed by atoms with E-state index >= 15 is 0 Å². The second-order valence-electron chi connectivity index (χ2n) is 2.04. The maximum absolute atomic E-state index is 8.15. The first-order chi connectivity index (χ1) is 4.83. The molecule has 1 aromatic heterocycles. The molecular formula is C7H9BrN2O. The fraction of sp³-hybridized carbons (Fsp3) is 0.143. The van der Waals surface area contributed by atoms with Crippen LogP contribution in [0.5, 0.6) is 0 Å². The Morgan fingerprint density at radius 1 is 1.45 bits per heavy atom. The molecule has 0 fully saturated rings. The molecule has 60 valence electrons. The lowest BCUT2D eigenvalue weighted by molar-refractivity contribution is -0.671. The highest BCUT2D eigenvalue weighted by Gasteiger charge is 1.90. The minimum absolute atomic E-state index is 0. The number of hydrogen-bond donors (Lipinski definition) is 1. The van der Waals surface area contributed by atoms with Gasteiger partial charge in [0.05, 0.1) is 6.21 Å². The standard InChI is InChI=1S/C7H8N2O.BrH/c1-9-4-2-7(3-5-9)6-8-10;/h2-6H,1H3;1H. The van der Waals surface area contributed by atoms with Crippen LogP contribution in [0.3, 0.4) is 0 Å². The van der Waals surface area contributed by atoms with Gasteiger partial charge in [-0.15, -0.1) is 0 Å². The zero-order chi connectivity index (χ0) is 7.40. The molecule has 4 heteroatoms. The monoisotopic (exact) mass is 216 g/mol. The quantitative estimate of drug-likeness (QED) is 0.237. The fourth-order valence-corrected chi connectivity index (χ4v) is 0.665. The Morgan fingerprint density at radius 3 is 2.45 bits per heavy atom. The zero-order valence-electron chi connectivity index (χ0n) is 6.11. The summed E-state index contributed by atoms with van der Waals surface area (Å²) in [5, 5.41) is 11.1. The Kier molecular flexibility index (Phi) is 4.45. The van der Waals surface area contributed by atoms with E-state index in [2.05, 4.69) is 5.16 Å². The van der Waals surface area contributed by atoms with Crippen molar-refractivity contribution in [2.75, 3.05) is 0 Å². The van der Waals surface area contributed by atoms with Gasteiger partial charge >= 0.3 is 0 Å². The van der Waals surface area contributed by atoms with Gasteiger partial charge in [0.1, 0.15) is 7.05 Å². The van der Waals surface area contributed by atoms with E-state index in [4.69, 9.17) is 5.21 Å². The summed E-state index contributed by atoms with van der Waals surface area (Å²) in [5.41, 5.74) is 0.889. The van der Waals surface area contributed by atoms with E-state index < -0.39 is 0 Å². The SMILES string of the molecule is C[n+]1ccc(/C=N/O)cc1.[Br-]. The third kappa shape index (κ3) is 3.13. The molecule has 0 unspecified atom stereocenters. The average molecular weight is 217 g/mol. The topological polar surface area (TPSA) is 36.5 Å². The maximum Gasteiger partial charge on any atom is 0.169 e. The van der Waals surface area contributed by atoms with E-state index in [1.165, 1.54) is 6.21 Å². The summed E-state index contributed by atoms with van der Waals surface area (Å²) in [5.74, 6) is 0. The van der Waals surface area contributed by atoms with E-state index in [0.29, 0.717) is 0 Å². The number of hydrogen-bond acceptors (Lipinski definition) is 2. The van der Waals surface area contributed by atoms with E-state index in [1.807, 2.05) is 36.1 Å². The molecule has 1 rings (SSSR count). The van der Waals surface area contributed by atoms with Crippen LogP contribution in [-0.2, 0) is 7.05 Å². The van der Waals surface area contributed by atoms with Gasteiger partial charge in [-0.25, -0.2) is 4.57 Å². The Labute approximate surface area is 75.7 Å². The van der Waals surface area contributed by atoms with Gasteiger partial charge in [0.15, 0.2) is 12.4 Å². The number of halogens is 1. The Balaban J connectivity index is 0.000001000. The molecule has 11 heavy (non-hydrogen) atoms. The van der Waals surface area contributed by atoms with Crippen molar-refractivity contribution < 1.29 is 26.8 Å². The van der Waals surface area contributed by atoms with Gasteiger partial charge in [-0.05, 0) is 0 Å². The van der Waals surface area contributed by atoms with E-state index in [-0.39, 0.29) is 17.0 Å². The van der Waals surface area contributed by atoms with Crippen molar-refractivity contribution in [2.45, 2.75) is 0 Å². The van der Waals surface area contributed by atoms with Crippen molar-refractivity contribution >= 4 is 6.21 Å². The minimum atomic E-state index is 0. The number of pyridine rings is 1. The molecule has 0 aliphatic rings. The van der Waals surface area contributed by atoms with Crippen LogP contribution in [0.2, 0.25) is 0 Å². The smallest absolute Gasteiger partial charge is 0.169 e. The van der Waals surface area contributed by atoms with Crippen LogP contribution < -0.4 is 21.5 Å². The van der Waals surface area contributed by atoms with Crippen LogP contribution in [0.1, 0.15) is 5.56 Å². The molecule has 0 aromatic carbocycles. The molecule has 1 N–H and O–H groups in total. The zero-order valence-corrected chi connectivity index (χ0v) is 7.69. The molecule has 3 nitrogen and oxygen atoms in total. The second-order valence-corrected chi connectivity index (χ2v) is 2.04. The van der Waals surface area contributed by atoms with Crippen LogP contribution in [0.15, 0.2) is 29.7 Å². The van der Waals surface area contributed by atoms with E-state index in [9.17, 15) is 0 Å². The molecule has 0 aliphatic heterocycles. The predicted octanol–water partition coefficient (Wildman–Crippen LogP) is -2.68. The molecule has 0 amide bonds. The lowest BCUT2D eigenvalue weighted by Gasteiger charge is -1.86. The largest absolute Gasteiger partial charge is 1.00 e. The highest BCUT2D eigenvalue weighted by Crippen LogP contribution is 1.88. The second kappa shape index (κ2) is 4.85. The van der Waals surface area contributed by atoms with Crippen molar-refractivity contribution in [1.82, 2.24) is 0 Å². The summed E-state index contributed by atoms with van der Waals surface area (Å²) in [6.45, 7) is 0. The predicted molar refractivity (Wildman–Crippen MR) is 37.0 cm³/mol. The lowest BCUT2D eigenvalue weighted by Crippen LogP contribution is -3.00. The lowest BCUT2D eigenvalue weighted by atomic mass is 10.3. The molecule has 0 bridgehead atoms. The first kappa shape index (κ1) is 10.1. The summed E-state index contributed by atoms with van der Waals surface area (Å²) in [6.07, 6.45) is 5.16. The molecule has 0 aliphatic carbocycles. The maximum atomic E-state index is 8.15. The third-order valence-corrected chi connectivity index (χ3v) is 1.21. The van der Waals surface area contributed by atoms with Crippen molar-refractivity contribution in [3.8, 4) is 0 Å². The van der Waals surface area contributed by atoms with Crippen molar-refractivity contribution in [1.29, 1.82) is 0 Å². The van der Waals surface area contributed by atoms with Gasteiger partial charge in [-0.2, -0.15) is 0 Å². The third-order valence-electron chi connectivity index (χ3n) is 1.21. The van der Waals surface area contributed by atoms with Gasteiger partial charge in [-0.1, -0.05) is 5.16 Å². The highest BCUT2D eigenvalue weighted by atomic mass is 79.9. The summed E-state index contributed by atoms with van der Waals surface area (Å²) in [7, 11) is 1.93. The summed E-state index contributed by atoms with van der Waals surface area (Å²) in [4.78, 5) is 0. The van der Waals surface area contributed by atoms with Gasteiger partial charge < -0.3 is 22.2 Å². The number of aromatic nitrogens is 1. The Hall–Kier alpha value is -0.900. The van der Waals surface area contributed by atoms with Crippen LogP contribution in [0.25, 0.3) is 0 Å². The normalized spacial score (nSPS) is 9.55. The van der Waals surface area contributed by atoms with Crippen molar-refractivity contribution in [3.05, 3.63) is 30.1 Å². The summed E-state index contributed by atoms with van der Waals surface area (Å²) >= 11 is 0. The van der Waals surface area contributed by atoms with E-state index in [1.54, 1.807) is 0 Å². The Bertz CT molecular complexity index is 233. The first-order valence-electron chi connectivity index (χ1n) is 2.95. The molecule has 0 saturated carbocycles. The molecule has 0 spiro atoms. The molecule has 0 saturated heterocycles. The average Bonchev–Trinajstić information content (AvgIpc) is 1.95. The molecule has 1 heterocycles. The first-order valence-corrected chi connectivity index (χ1v) is 2.95. The van der Waals surface area contributed by atoms with Gasteiger partial charge in [0.25, 0.3) is 0 Å². The van der Waals surface area contributed by atoms with Crippen LogP contribution in [0.4, 0.5) is 0 Å². The van der Waals surface area contributed by atoms with Crippen LogP contribution in [0, 0.1) is 0 Å². The van der Waals surface area contributed by atoms with Crippen molar-refractivity contribution in [2.24, 2.45) is 12.2 Å². The number of oxime groups is 1. The van der Waals surface area contributed by atoms with E-state index in [0.717, 1.165) is 5.56 Å². The van der Waals surface area contributed by atoms with Crippen LogP contribution in [-0.4, -0.2) is 11.4 Å². The van der Waals surface area contributed by atoms with Crippen molar-refractivity contribution in [3.63, 3.8) is 0 Å². The number of nitrogens with zero attached hydrogens (tertiary/aromatic N) is 2.